The Kier molecular flexibility index (Phi) is 2.78. The SMILES string of the molecule is CCC1(C)OC(=O)N2CCc3c([nH]c4ccc(OC)cc34)C21C. The Hall–Kier alpha value is -2.17. The number of aromatic nitrogens is 1. The maximum atomic E-state index is 12.4. The highest BCUT2D eigenvalue weighted by atomic mass is 16.6. The number of benzene rings is 1. The number of rotatable bonds is 2. The number of nitrogens with zero attached hydrogens (tertiary/aromatic N) is 1. The molecule has 2 aromatic rings. The van der Waals surface area contributed by atoms with Crippen LogP contribution in [0.5, 0.6) is 5.75 Å². The highest BCUT2D eigenvalue weighted by Crippen LogP contribution is 2.52. The second-order valence-corrected chi connectivity index (χ2v) is 6.82. The lowest BCUT2D eigenvalue weighted by atomic mass is 9.74. The molecule has 1 amide bonds. The first-order valence-corrected chi connectivity index (χ1v) is 8.14. The van der Waals surface area contributed by atoms with Gasteiger partial charge >= 0.3 is 6.09 Å². The van der Waals surface area contributed by atoms with Gasteiger partial charge in [-0.25, -0.2) is 4.79 Å². The number of nitrogens with one attached hydrogen (secondary N) is 1. The summed E-state index contributed by atoms with van der Waals surface area (Å²) in [6, 6.07) is 6.07. The summed E-state index contributed by atoms with van der Waals surface area (Å²) in [6.45, 7) is 6.90. The molecule has 1 fully saturated rings. The predicted octanol–water partition coefficient (Wildman–Crippen LogP) is 3.57. The van der Waals surface area contributed by atoms with Crippen LogP contribution in [0, 0.1) is 0 Å². The van der Waals surface area contributed by atoms with Gasteiger partial charge in [-0.05, 0) is 50.5 Å². The van der Waals surface area contributed by atoms with Crippen LogP contribution in [0.1, 0.15) is 38.4 Å². The van der Waals surface area contributed by atoms with E-state index in [-0.39, 0.29) is 6.09 Å². The van der Waals surface area contributed by atoms with E-state index in [1.807, 2.05) is 24.0 Å². The maximum absolute atomic E-state index is 12.4. The summed E-state index contributed by atoms with van der Waals surface area (Å²) in [4.78, 5) is 17.8. The van der Waals surface area contributed by atoms with Gasteiger partial charge in [-0.3, -0.25) is 4.90 Å². The number of aromatic amines is 1. The molecule has 3 heterocycles. The van der Waals surface area contributed by atoms with Gasteiger partial charge in [0.05, 0.1) is 7.11 Å². The molecule has 0 spiro atoms. The topological polar surface area (TPSA) is 54.6 Å². The fourth-order valence-corrected chi connectivity index (χ4v) is 4.20. The highest BCUT2D eigenvalue weighted by Gasteiger charge is 2.62. The molecule has 122 valence electrons. The largest absolute Gasteiger partial charge is 0.497 e. The van der Waals surface area contributed by atoms with Crippen LogP contribution in [0.15, 0.2) is 18.2 Å². The van der Waals surface area contributed by atoms with Crippen molar-refractivity contribution < 1.29 is 14.3 Å². The summed E-state index contributed by atoms with van der Waals surface area (Å²) < 4.78 is 11.2. The van der Waals surface area contributed by atoms with Crippen molar-refractivity contribution in [1.82, 2.24) is 9.88 Å². The van der Waals surface area contributed by atoms with Crippen molar-refractivity contribution in [3.8, 4) is 5.75 Å². The third kappa shape index (κ3) is 1.60. The summed E-state index contributed by atoms with van der Waals surface area (Å²) >= 11 is 0. The normalized spacial score (nSPS) is 29.4. The van der Waals surface area contributed by atoms with E-state index < -0.39 is 11.1 Å². The second kappa shape index (κ2) is 4.43. The van der Waals surface area contributed by atoms with Crippen molar-refractivity contribution in [2.24, 2.45) is 0 Å². The Balaban J connectivity index is 1.99. The lowest BCUT2D eigenvalue weighted by Crippen LogP contribution is -2.55. The summed E-state index contributed by atoms with van der Waals surface area (Å²) in [6.07, 6.45) is 1.38. The van der Waals surface area contributed by atoms with Gasteiger partial charge in [-0.1, -0.05) is 6.92 Å². The Morgan fingerprint density at radius 2 is 2.17 bits per heavy atom. The molecule has 0 radical (unpaired) electrons. The molecule has 4 rings (SSSR count). The molecule has 0 saturated carbocycles. The number of fused-ring (bicyclic) bond motifs is 5. The Morgan fingerprint density at radius 1 is 1.39 bits per heavy atom. The van der Waals surface area contributed by atoms with Crippen LogP contribution >= 0.6 is 0 Å². The van der Waals surface area contributed by atoms with Crippen LogP contribution in [-0.2, 0) is 16.7 Å². The average Bonchev–Trinajstić information content (AvgIpc) is 3.02. The molecule has 1 aromatic heterocycles. The van der Waals surface area contributed by atoms with Crippen LogP contribution in [0.3, 0.4) is 0 Å². The minimum atomic E-state index is -0.537. The number of carbonyl (C=O) groups is 1. The molecule has 0 bridgehead atoms. The molecular formula is C18H22N2O3. The molecule has 2 atom stereocenters. The van der Waals surface area contributed by atoms with Crippen LogP contribution in [0.25, 0.3) is 10.9 Å². The van der Waals surface area contributed by atoms with E-state index in [1.165, 1.54) is 10.9 Å². The van der Waals surface area contributed by atoms with Gasteiger partial charge in [0.1, 0.15) is 16.9 Å². The van der Waals surface area contributed by atoms with E-state index in [0.29, 0.717) is 6.54 Å². The van der Waals surface area contributed by atoms with Crippen LogP contribution < -0.4 is 4.74 Å². The predicted molar refractivity (Wildman–Crippen MR) is 87.8 cm³/mol. The second-order valence-electron chi connectivity index (χ2n) is 6.82. The lowest BCUT2D eigenvalue weighted by molar-refractivity contribution is -0.00297. The first-order chi connectivity index (χ1) is 10.9. The summed E-state index contributed by atoms with van der Waals surface area (Å²) in [5, 5.41) is 1.18. The fourth-order valence-electron chi connectivity index (χ4n) is 4.20. The fraction of sp³-hybridized carbons (Fsp3) is 0.500. The third-order valence-corrected chi connectivity index (χ3v) is 5.96. The van der Waals surface area contributed by atoms with E-state index in [0.717, 1.165) is 29.8 Å². The molecular weight excluding hydrogens is 292 g/mol. The molecule has 1 saturated heterocycles. The lowest BCUT2D eigenvalue weighted by Gasteiger charge is -2.44. The monoisotopic (exact) mass is 314 g/mol. The molecule has 0 aliphatic carbocycles. The third-order valence-electron chi connectivity index (χ3n) is 5.96. The van der Waals surface area contributed by atoms with Crippen molar-refractivity contribution in [2.45, 2.75) is 44.8 Å². The van der Waals surface area contributed by atoms with E-state index in [9.17, 15) is 4.79 Å². The standard InChI is InChI=1S/C18H22N2O3/c1-5-17(2)18(3)15-12(8-9-20(18)16(21)23-17)13-10-11(22-4)6-7-14(13)19-15/h6-7,10,19H,5,8-9H2,1-4H3. The molecule has 1 aromatic carbocycles. The molecule has 2 unspecified atom stereocenters. The van der Waals surface area contributed by atoms with Gasteiger partial charge in [-0.15, -0.1) is 0 Å². The van der Waals surface area contributed by atoms with E-state index in [4.69, 9.17) is 9.47 Å². The van der Waals surface area contributed by atoms with Crippen LogP contribution in [0.4, 0.5) is 4.79 Å². The number of ether oxygens (including phenoxy) is 2. The summed E-state index contributed by atoms with van der Waals surface area (Å²) in [5.74, 6) is 0.851. The molecule has 2 aliphatic rings. The number of hydrogen-bond donors (Lipinski definition) is 1. The smallest absolute Gasteiger partial charge is 0.411 e. The highest BCUT2D eigenvalue weighted by molar-refractivity contribution is 5.88. The first kappa shape index (κ1) is 14.4. The maximum Gasteiger partial charge on any atom is 0.411 e. The zero-order valence-electron chi connectivity index (χ0n) is 14.0. The van der Waals surface area contributed by atoms with Gasteiger partial charge in [0, 0.05) is 23.1 Å². The Bertz CT molecular complexity index is 812. The average molecular weight is 314 g/mol. The molecule has 5 heteroatoms. The number of methoxy groups -OCH3 is 1. The number of cyclic esters (lactones) is 1. The van der Waals surface area contributed by atoms with Crippen molar-refractivity contribution in [3.05, 3.63) is 29.5 Å². The van der Waals surface area contributed by atoms with Gasteiger partial charge in [0.15, 0.2) is 0 Å². The van der Waals surface area contributed by atoms with Gasteiger partial charge in [0.2, 0.25) is 0 Å². The van der Waals surface area contributed by atoms with Crippen molar-refractivity contribution in [2.75, 3.05) is 13.7 Å². The minimum Gasteiger partial charge on any atom is -0.497 e. The zero-order valence-corrected chi connectivity index (χ0v) is 14.0. The van der Waals surface area contributed by atoms with Crippen LogP contribution in [0.2, 0.25) is 0 Å². The van der Waals surface area contributed by atoms with Gasteiger partial charge in [-0.2, -0.15) is 0 Å². The number of hydrogen-bond acceptors (Lipinski definition) is 3. The van der Waals surface area contributed by atoms with Crippen LogP contribution in [-0.4, -0.2) is 35.2 Å². The minimum absolute atomic E-state index is 0.210. The van der Waals surface area contributed by atoms with E-state index in [1.54, 1.807) is 7.11 Å². The Morgan fingerprint density at radius 3 is 2.87 bits per heavy atom. The summed E-state index contributed by atoms with van der Waals surface area (Å²) in [5.41, 5.74) is 2.44. The zero-order chi connectivity index (χ0) is 16.4. The molecule has 5 nitrogen and oxygen atoms in total. The van der Waals surface area contributed by atoms with E-state index >= 15 is 0 Å². The molecule has 1 N–H and O–H groups in total. The number of carbonyl (C=O) groups excluding carboxylic acids is 1. The van der Waals surface area contributed by atoms with Crippen molar-refractivity contribution in [3.63, 3.8) is 0 Å². The number of amides is 1. The van der Waals surface area contributed by atoms with Gasteiger partial charge < -0.3 is 14.5 Å². The van der Waals surface area contributed by atoms with Crippen molar-refractivity contribution >= 4 is 17.0 Å². The molecule has 23 heavy (non-hydrogen) atoms. The Labute approximate surface area is 135 Å². The first-order valence-electron chi connectivity index (χ1n) is 8.14. The molecule has 2 aliphatic heterocycles. The van der Waals surface area contributed by atoms with Gasteiger partial charge in [0.25, 0.3) is 0 Å². The summed E-state index contributed by atoms with van der Waals surface area (Å²) in [7, 11) is 1.68. The van der Waals surface area contributed by atoms with E-state index in [2.05, 4.69) is 24.9 Å². The number of H-pyrrole nitrogens is 1. The van der Waals surface area contributed by atoms with Crippen molar-refractivity contribution in [1.29, 1.82) is 0 Å². The quantitative estimate of drug-likeness (QED) is 0.922.